The topological polar surface area (TPSA) is 66.9 Å². The van der Waals surface area contributed by atoms with E-state index in [0.717, 1.165) is 6.42 Å². The van der Waals surface area contributed by atoms with Gasteiger partial charge in [-0.15, -0.1) is 0 Å². The minimum absolute atomic E-state index is 0.304. The Morgan fingerprint density at radius 3 is 2.73 bits per heavy atom. The van der Waals surface area contributed by atoms with Crippen molar-refractivity contribution in [3.8, 4) is 6.07 Å². The third kappa shape index (κ3) is 4.12. The van der Waals surface area contributed by atoms with Crippen LogP contribution in [0.3, 0.4) is 0 Å². The first-order chi connectivity index (χ1) is 5.26. The molecule has 0 heterocycles. The Bertz CT molecular complexity index is 164. The van der Waals surface area contributed by atoms with E-state index >= 15 is 0 Å². The molecule has 0 saturated heterocycles. The zero-order chi connectivity index (χ0) is 8.69. The van der Waals surface area contributed by atoms with E-state index in [-0.39, 0.29) is 5.25 Å². The van der Waals surface area contributed by atoms with Crippen molar-refractivity contribution < 1.29 is 4.21 Å². The van der Waals surface area contributed by atoms with Crippen molar-refractivity contribution in [2.24, 2.45) is 5.73 Å². The van der Waals surface area contributed by atoms with E-state index in [4.69, 9.17) is 11.0 Å². The van der Waals surface area contributed by atoms with Crippen molar-refractivity contribution in [1.82, 2.24) is 0 Å². The first kappa shape index (κ1) is 10.6. The van der Waals surface area contributed by atoms with Gasteiger partial charge in [0.1, 0.15) is 5.25 Å². The third-order valence-corrected chi connectivity index (χ3v) is 3.15. The lowest BCUT2D eigenvalue weighted by molar-refractivity contribution is 0.673. The van der Waals surface area contributed by atoms with Gasteiger partial charge in [-0.2, -0.15) is 5.26 Å². The lowest BCUT2D eigenvalue weighted by Gasteiger charge is -2.04. The SMILES string of the molecule is CCC(C#N)S(=O)CCCN. The summed E-state index contributed by atoms with van der Waals surface area (Å²) < 4.78 is 11.2. The standard InChI is InChI=1S/C7H14N2OS/c1-2-7(6-9)11(10)5-3-4-8/h7H,2-5,8H2,1H3. The second-order valence-electron chi connectivity index (χ2n) is 2.25. The molecule has 0 spiro atoms. The number of hydrogen-bond donors (Lipinski definition) is 1. The van der Waals surface area contributed by atoms with Gasteiger partial charge in [-0.05, 0) is 19.4 Å². The fraction of sp³-hybridized carbons (Fsp3) is 0.857. The molecular formula is C7H14N2OS. The number of nitrogens with two attached hydrogens (primary N) is 1. The van der Waals surface area contributed by atoms with Gasteiger partial charge in [0.2, 0.25) is 0 Å². The van der Waals surface area contributed by atoms with E-state index in [0.29, 0.717) is 18.7 Å². The summed E-state index contributed by atoms with van der Waals surface area (Å²) in [5.74, 6) is 0.558. The number of nitrogens with zero attached hydrogens (tertiary/aromatic N) is 1. The molecule has 2 atom stereocenters. The summed E-state index contributed by atoms with van der Waals surface area (Å²) in [7, 11) is -0.999. The van der Waals surface area contributed by atoms with Crippen molar-refractivity contribution in [2.75, 3.05) is 12.3 Å². The quantitative estimate of drug-likeness (QED) is 0.655. The Hall–Kier alpha value is -0.400. The largest absolute Gasteiger partial charge is 0.330 e. The highest BCUT2D eigenvalue weighted by Crippen LogP contribution is 2.01. The highest BCUT2D eigenvalue weighted by atomic mass is 32.2. The van der Waals surface area contributed by atoms with Crippen molar-refractivity contribution in [3.63, 3.8) is 0 Å². The van der Waals surface area contributed by atoms with E-state index in [1.54, 1.807) is 0 Å². The van der Waals surface area contributed by atoms with E-state index in [9.17, 15) is 4.21 Å². The lowest BCUT2D eigenvalue weighted by atomic mass is 10.4. The molecule has 4 heteroatoms. The molecule has 0 aliphatic heterocycles. The third-order valence-electron chi connectivity index (χ3n) is 1.38. The van der Waals surface area contributed by atoms with Gasteiger partial charge in [-0.25, -0.2) is 0 Å². The monoisotopic (exact) mass is 174 g/mol. The molecule has 0 aliphatic carbocycles. The first-order valence-electron chi connectivity index (χ1n) is 3.73. The second-order valence-corrected chi connectivity index (χ2v) is 3.99. The molecule has 0 saturated carbocycles. The number of hydrogen-bond acceptors (Lipinski definition) is 3. The first-order valence-corrected chi connectivity index (χ1v) is 5.11. The van der Waals surface area contributed by atoms with Crippen LogP contribution in [0, 0.1) is 11.3 Å². The normalized spacial score (nSPS) is 15.4. The molecule has 0 amide bonds. The zero-order valence-corrected chi connectivity index (χ0v) is 7.56. The average molecular weight is 174 g/mol. The van der Waals surface area contributed by atoms with Crippen LogP contribution in [0.15, 0.2) is 0 Å². The molecule has 0 aromatic rings. The second kappa shape index (κ2) is 6.32. The highest BCUT2D eigenvalue weighted by molar-refractivity contribution is 7.85. The van der Waals surface area contributed by atoms with Crippen LogP contribution < -0.4 is 5.73 Å². The summed E-state index contributed by atoms with van der Waals surface area (Å²) in [5, 5.41) is 8.22. The van der Waals surface area contributed by atoms with Crippen LogP contribution in [0.5, 0.6) is 0 Å². The molecule has 0 aromatic heterocycles. The van der Waals surface area contributed by atoms with Crippen molar-refractivity contribution in [3.05, 3.63) is 0 Å². The molecule has 11 heavy (non-hydrogen) atoms. The summed E-state index contributed by atoms with van der Waals surface area (Å²) in [4.78, 5) is 0. The van der Waals surface area contributed by atoms with Crippen LogP contribution in [-0.2, 0) is 10.8 Å². The molecule has 0 fully saturated rings. The van der Waals surface area contributed by atoms with Crippen molar-refractivity contribution in [2.45, 2.75) is 25.0 Å². The van der Waals surface area contributed by atoms with E-state index in [2.05, 4.69) is 0 Å². The Balaban J connectivity index is 3.72. The van der Waals surface area contributed by atoms with Gasteiger partial charge < -0.3 is 5.73 Å². The van der Waals surface area contributed by atoms with Crippen LogP contribution in [0.25, 0.3) is 0 Å². The maximum atomic E-state index is 11.2. The number of nitriles is 1. The number of rotatable bonds is 5. The molecule has 3 nitrogen and oxygen atoms in total. The fourth-order valence-electron chi connectivity index (χ4n) is 0.704. The minimum Gasteiger partial charge on any atom is -0.330 e. The van der Waals surface area contributed by atoms with Gasteiger partial charge in [-0.3, -0.25) is 4.21 Å². The summed E-state index contributed by atoms with van der Waals surface area (Å²) >= 11 is 0. The molecule has 2 unspecified atom stereocenters. The molecule has 0 radical (unpaired) electrons. The van der Waals surface area contributed by atoms with Crippen LogP contribution >= 0.6 is 0 Å². The van der Waals surface area contributed by atoms with E-state index in [1.165, 1.54) is 0 Å². The van der Waals surface area contributed by atoms with Crippen LogP contribution in [0.1, 0.15) is 19.8 Å². The molecule has 64 valence electrons. The van der Waals surface area contributed by atoms with Crippen molar-refractivity contribution in [1.29, 1.82) is 5.26 Å². The molecule has 0 rings (SSSR count). The van der Waals surface area contributed by atoms with Gasteiger partial charge >= 0.3 is 0 Å². The van der Waals surface area contributed by atoms with E-state index in [1.807, 2.05) is 13.0 Å². The minimum atomic E-state index is -0.999. The predicted octanol–water partition coefficient (Wildman–Crippen LogP) is 0.386. The van der Waals surface area contributed by atoms with E-state index < -0.39 is 10.8 Å². The van der Waals surface area contributed by atoms with Crippen LogP contribution in [-0.4, -0.2) is 21.8 Å². The molecule has 2 N–H and O–H groups in total. The maximum absolute atomic E-state index is 11.2. The summed E-state index contributed by atoms with van der Waals surface area (Å²) in [6.45, 7) is 2.42. The summed E-state index contributed by atoms with van der Waals surface area (Å²) in [6.07, 6.45) is 1.40. The van der Waals surface area contributed by atoms with Gasteiger partial charge in [-0.1, -0.05) is 6.92 Å². The van der Waals surface area contributed by atoms with Crippen LogP contribution in [0.4, 0.5) is 0 Å². The average Bonchev–Trinajstić information content (AvgIpc) is 2.03. The lowest BCUT2D eigenvalue weighted by Crippen LogP contribution is -2.16. The Kier molecular flexibility index (Phi) is 6.09. The summed E-state index contributed by atoms with van der Waals surface area (Å²) in [5.41, 5.74) is 5.24. The molecule has 0 aromatic carbocycles. The fourth-order valence-corrected chi connectivity index (χ4v) is 1.93. The predicted molar refractivity (Wildman–Crippen MR) is 46.4 cm³/mol. The van der Waals surface area contributed by atoms with Crippen LogP contribution in [0.2, 0.25) is 0 Å². The molecule has 0 aliphatic rings. The molecular weight excluding hydrogens is 160 g/mol. The molecule has 0 bridgehead atoms. The highest BCUT2D eigenvalue weighted by Gasteiger charge is 2.11. The summed E-state index contributed by atoms with van der Waals surface area (Å²) in [6, 6.07) is 2.02. The zero-order valence-electron chi connectivity index (χ0n) is 6.75. The van der Waals surface area contributed by atoms with Gasteiger partial charge in [0.15, 0.2) is 0 Å². The smallest absolute Gasteiger partial charge is 0.121 e. The Morgan fingerprint density at radius 2 is 2.36 bits per heavy atom. The Morgan fingerprint density at radius 1 is 1.73 bits per heavy atom. The van der Waals surface area contributed by atoms with Crippen molar-refractivity contribution >= 4 is 10.8 Å². The Labute approximate surface area is 70.0 Å². The maximum Gasteiger partial charge on any atom is 0.121 e. The van der Waals surface area contributed by atoms with Gasteiger partial charge in [0.05, 0.1) is 6.07 Å². The van der Waals surface area contributed by atoms with Gasteiger partial charge in [0, 0.05) is 16.6 Å². The van der Waals surface area contributed by atoms with Gasteiger partial charge in [0.25, 0.3) is 0 Å².